The predicted molar refractivity (Wildman–Crippen MR) is 71.5 cm³/mol. The van der Waals surface area contributed by atoms with E-state index in [0.717, 1.165) is 31.7 Å². The summed E-state index contributed by atoms with van der Waals surface area (Å²) in [5, 5.41) is 12.3. The SMILES string of the molecule is N#CC[C@@H](c1ccc(F)c(Br)c1)N1CCNCC1. The lowest BCUT2D eigenvalue weighted by Gasteiger charge is -2.34. The Balaban J connectivity index is 2.22. The number of nitrogens with zero attached hydrogens (tertiary/aromatic N) is 2. The fourth-order valence-corrected chi connectivity index (χ4v) is 2.65. The van der Waals surface area contributed by atoms with E-state index in [1.807, 2.05) is 0 Å². The van der Waals surface area contributed by atoms with Crippen LogP contribution in [0.3, 0.4) is 0 Å². The van der Waals surface area contributed by atoms with Crippen molar-refractivity contribution in [3.63, 3.8) is 0 Å². The van der Waals surface area contributed by atoms with Crippen molar-refractivity contribution in [3.8, 4) is 6.07 Å². The van der Waals surface area contributed by atoms with Gasteiger partial charge in [0.15, 0.2) is 0 Å². The number of piperazine rings is 1. The zero-order valence-corrected chi connectivity index (χ0v) is 11.6. The van der Waals surface area contributed by atoms with Crippen molar-refractivity contribution in [2.45, 2.75) is 12.5 Å². The molecule has 0 aromatic heterocycles. The minimum atomic E-state index is -0.269. The molecule has 1 aliphatic rings. The summed E-state index contributed by atoms with van der Waals surface area (Å²) in [5.41, 5.74) is 0.992. The van der Waals surface area contributed by atoms with E-state index in [4.69, 9.17) is 5.26 Å². The van der Waals surface area contributed by atoms with Gasteiger partial charge in [-0.3, -0.25) is 4.90 Å². The second kappa shape index (κ2) is 6.28. The molecule has 0 unspecified atom stereocenters. The topological polar surface area (TPSA) is 39.1 Å². The molecule has 0 spiro atoms. The summed E-state index contributed by atoms with van der Waals surface area (Å²) in [7, 11) is 0. The van der Waals surface area contributed by atoms with Crippen LogP contribution in [-0.4, -0.2) is 31.1 Å². The first kappa shape index (κ1) is 13.5. The number of nitriles is 1. The molecule has 1 saturated heterocycles. The van der Waals surface area contributed by atoms with Gasteiger partial charge in [-0.1, -0.05) is 6.07 Å². The van der Waals surface area contributed by atoms with E-state index in [1.54, 1.807) is 12.1 Å². The molecule has 1 heterocycles. The quantitative estimate of drug-likeness (QED) is 0.932. The highest BCUT2D eigenvalue weighted by Crippen LogP contribution is 2.27. The zero-order valence-electron chi connectivity index (χ0n) is 10.00. The molecule has 1 N–H and O–H groups in total. The van der Waals surface area contributed by atoms with Gasteiger partial charge in [-0.15, -0.1) is 0 Å². The number of hydrogen-bond donors (Lipinski definition) is 1. The maximum atomic E-state index is 13.3. The number of rotatable bonds is 3. The summed E-state index contributed by atoms with van der Waals surface area (Å²) in [6.45, 7) is 3.71. The summed E-state index contributed by atoms with van der Waals surface area (Å²) in [6.07, 6.45) is 0.429. The molecule has 0 saturated carbocycles. The lowest BCUT2D eigenvalue weighted by molar-refractivity contribution is 0.175. The van der Waals surface area contributed by atoms with Crippen LogP contribution in [0.1, 0.15) is 18.0 Å². The van der Waals surface area contributed by atoms with Crippen molar-refractivity contribution in [3.05, 3.63) is 34.1 Å². The molecule has 0 bridgehead atoms. The molecule has 3 nitrogen and oxygen atoms in total. The Hall–Kier alpha value is -0.960. The molecule has 2 rings (SSSR count). The van der Waals surface area contributed by atoms with Crippen molar-refractivity contribution in [1.82, 2.24) is 10.2 Å². The van der Waals surface area contributed by atoms with Crippen LogP contribution >= 0.6 is 15.9 Å². The molecular weight excluding hydrogens is 297 g/mol. The summed E-state index contributed by atoms with van der Waals surface area (Å²) < 4.78 is 13.7. The van der Waals surface area contributed by atoms with Crippen LogP contribution in [0.2, 0.25) is 0 Å². The van der Waals surface area contributed by atoms with Crippen LogP contribution in [0.5, 0.6) is 0 Å². The van der Waals surface area contributed by atoms with E-state index in [2.05, 4.69) is 32.2 Å². The third-order valence-electron chi connectivity index (χ3n) is 3.21. The molecular formula is C13H15BrFN3. The maximum Gasteiger partial charge on any atom is 0.137 e. The van der Waals surface area contributed by atoms with E-state index < -0.39 is 0 Å². The minimum absolute atomic E-state index is 0.0500. The van der Waals surface area contributed by atoms with Crippen molar-refractivity contribution < 1.29 is 4.39 Å². The third-order valence-corrected chi connectivity index (χ3v) is 3.81. The van der Waals surface area contributed by atoms with Crippen LogP contribution in [0.15, 0.2) is 22.7 Å². The Morgan fingerprint density at radius 2 is 2.17 bits per heavy atom. The van der Waals surface area contributed by atoms with Gasteiger partial charge >= 0.3 is 0 Å². The Bertz CT molecular complexity index is 452. The molecule has 96 valence electrons. The molecule has 1 aliphatic heterocycles. The van der Waals surface area contributed by atoms with E-state index in [-0.39, 0.29) is 11.9 Å². The van der Waals surface area contributed by atoms with E-state index in [9.17, 15) is 4.39 Å². The van der Waals surface area contributed by atoms with Crippen LogP contribution in [0.4, 0.5) is 4.39 Å². The fraction of sp³-hybridized carbons (Fsp3) is 0.462. The molecule has 1 fully saturated rings. The molecule has 0 aliphatic carbocycles. The van der Waals surface area contributed by atoms with E-state index >= 15 is 0 Å². The average molecular weight is 312 g/mol. The first-order valence-corrected chi connectivity index (χ1v) is 6.78. The van der Waals surface area contributed by atoms with E-state index in [1.165, 1.54) is 6.07 Å². The number of halogens is 2. The molecule has 1 aromatic rings. The van der Waals surface area contributed by atoms with Gasteiger partial charge in [0.25, 0.3) is 0 Å². The standard InChI is InChI=1S/C13H15BrFN3/c14-11-9-10(1-2-12(11)15)13(3-4-16)18-7-5-17-6-8-18/h1-2,9,13,17H,3,5-8H2/t13-/m0/s1. The maximum absolute atomic E-state index is 13.3. The summed E-state index contributed by atoms with van der Waals surface area (Å²) in [6, 6.07) is 7.27. The Morgan fingerprint density at radius 3 is 2.78 bits per heavy atom. The third kappa shape index (κ3) is 3.08. The normalized spacial score (nSPS) is 18.3. The first-order valence-electron chi connectivity index (χ1n) is 5.99. The minimum Gasteiger partial charge on any atom is -0.314 e. The van der Waals surface area contributed by atoms with Crippen LogP contribution in [0, 0.1) is 17.1 Å². The number of nitrogens with one attached hydrogen (secondary N) is 1. The Morgan fingerprint density at radius 1 is 1.44 bits per heavy atom. The largest absolute Gasteiger partial charge is 0.314 e. The summed E-state index contributed by atoms with van der Waals surface area (Å²) in [5.74, 6) is -0.269. The van der Waals surface area contributed by atoms with Gasteiger partial charge in [-0.25, -0.2) is 4.39 Å². The van der Waals surface area contributed by atoms with Gasteiger partial charge in [0, 0.05) is 32.2 Å². The molecule has 1 aromatic carbocycles. The first-order chi connectivity index (χ1) is 8.72. The molecule has 5 heteroatoms. The molecule has 0 amide bonds. The highest BCUT2D eigenvalue weighted by atomic mass is 79.9. The summed E-state index contributed by atoms with van der Waals surface area (Å²) >= 11 is 3.20. The molecule has 18 heavy (non-hydrogen) atoms. The predicted octanol–water partition coefficient (Wildman–Crippen LogP) is 2.45. The smallest absolute Gasteiger partial charge is 0.137 e. The zero-order chi connectivity index (χ0) is 13.0. The lowest BCUT2D eigenvalue weighted by atomic mass is 10.0. The highest BCUT2D eigenvalue weighted by molar-refractivity contribution is 9.10. The molecule has 0 radical (unpaired) electrons. The van der Waals surface area contributed by atoms with Crippen LogP contribution in [-0.2, 0) is 0 Å². The van der Waals surface area contributed by atoms with Crippen LogP contribution < -0.4 is 5.32 Å². The van der Waals surface area contributed by atoms with Gasteiger partial charge < -0.3 is 5.32 Å². The van der Waals surface area contributed by atoms with Gasteiger partial charge in [-0.05, 0) is 33.6 Å². The Labute approximate surface area is 115 Å². The Kier molecular flexibility index (Phi) is 4.70. The fourth-order valence-electron chi connectivity index (χ4n) is 2.26. The van der Waals surface area contributed by atoms with Crippen molar-refractivity contribution >= 4 is 15.9 Å². The van der Waals surface area contributed by atoms with Crippen molar-refractivity contribution in [2.24, 2.45) is 0 Å². The number of hydrogen-bond acceptors (Lipinski definition) is 3. The lowest BCUT2D eigenvalue weighted by Crippen LogP contribution is -2.45. The van der Waals surface area contributed by atoms with Crippen LogP contribution in [0.25, 0.3) is 0 Å². The van der Waals surface area contributed by atoms with Crippen molar-refractivity contribution in [1.29, 1.82) is 5.26 Å². The van der Waals surface area contributed by atoms with Gasteiger partial charge in [0.1, 0.15) is 5.82 Å². The van der Waals surface area contributed by atoms with Gasteiger partial charge in [-0.2, -0.15) is 5.26 Å². The number of benzene rings is 1. The van der Waals surface area contributed by atoms with Gasteiger partial charge in [0.2, 0.25) is 0 Å². The molecule has 1 atom stereocenters. The van der Waals surface area contributed by atoms with Gasteiger partial charge in [0.05, 0.1) is 17.0 Å². The highest BCUT2D eigenvalue weighted by Gasteiger charge is 2.22. The summed E-state index contributed by atoms with van der Waals surface area (Å²) in [4.78, 5) is 2.28. The van der Waals surface area contributed by atoms with Crippen molar-refractivity contribution in [2.75, 3.05) is 26.2 Å². The van der Waals surface area contributed by atoms with E-state index in [0.29, 0.717) is 10.9 Å². The second-order valence-corrected chi connectivity index (χ2v) is 5.19. The second-order valence-electron chi connectivity index (χ2n) is 4.34. The average Bonchev–Trinajstić information content (AvgIpc) is 2.40. The monoisotopic (exact) mass is 311 g/mol.